The third-order valence-corrected chi connectivity index (χ3v) is 5.98. The molecule has 0 spiro atoms. The van der Waals surface area contributed by atoms with Gasteiger partial charge in [-0.25, -0.2) is 9.97 Å². The van der Waals surface area contributed by atoms with E-state index < -0.39 is 0 Å². The molecule has 0 amide bonds. The molecule has 0 unspecified atom stereocenters. The Morgan fingerprint density at radius 2 is 1.38 bits per heavy atom. The highest BCUT2D eigenvalue weighted by Crippen LogP contribution is 2.29. The normalized spacial score (nSPS) is 18.2. The molecular weight excluding hydrogens is 364 g/mol. The van der Waals surface area contributed by atoms with Crippen molar-refractivity contribution in [1.82, 2.24) is 14.9 Å². The molecule has 0 aliphatic carbocycles. The molecule has 0 N–H and O–H groups in total. The summed E-state index contributed by atoms with van der Waals surface area (Å²) < 4.78 is 5.54. The van der Waals surface area contributed by atoms with Crippen molar-refractivity contribution in [3.8, 4) is 5.75 Å². The van der Waals surface area contributed by atoms with Crippen LogP contribution in [0.2, 0.25) is 0 Å². The summed E-state index contributed by atoms with van der Waals surface area (Å²) in [5.74, 6) is 3.90. The van der Waals surface area contributed by atoms with Crippen LogP contribution in [0.5, 0.6) is 5.75 Å². The van der Waals surface area contributed by atoms with Crippen molar-refractivity contribution in [2.45, 2.75) is 13.8 Å². The summed E-state index contributed by atoms with van der Waals surface area (Å²) in [6.45, 7) is 13.4. The molecule has 2 fully saturated rings. The van der Waals surface area contributed by atoms with Crippen LogP contribution in [-0.2, 0) is 0 Å². The lowest BCUT2D eigenvalue weighted by atomic mass is 10.2. The maximum atomic E-state index is 5.54. The zero-order valence-corrected chi connectivity index (χ0v) is 17.8. The Labute approximate surface area is 173 Å². The van der Waals surface area contributed by atoms with Gasteiger partial charge in [-0.1, -0.05) is 19.1 Å². The molecule has 29 heavy (non-hydrogen) atoms. The van der Waals surface area contributed by atoms with E-state index in [4.69, 9.17) is 14.7 Å². The summed E-state index contributed by atoms with van der Waals surface area (Å²) >= 11 is 0. The molecule has 2 aliphatic rings. The average molecular weight is 397 g/mol. The highest BCUT2D eigenvalue weighted by molar-refractivity contribution is 5.60. The van der Waals surface area contributed by atoms with Crippen molar-refractivity contribution in [2.75, 3.05) is 80.7 Å². The van der Waals surface area contributed by atoms with Gasteiger partial charge in [0.05, 0.1) is 12.8 Å². The Kier molecular flexibility index (Phi) is 6.04. The predicted molar refractivity (Wildman–Crippen MR) is 119 cm³/mol. The summed E-state index contributed by atoms with van der Waals surface area (Å²) in [5.41, 5.74) is 1.17. The van der Waals surface area contributed by atoms with Crippen LogP contribution in [0.15, 0.2) is 30.3 Å². The fourth-order valence-electron chi connectivity index (χ4n) is 4.22. The van der Waals surface area contributed by atoms with Crippen LogP contribution in [0.3, 0.4) is 0 Å². The van der Waals surface area contributed by atoms with Gasteiger partial charge in [0, 0.05) is 58.4 Å². The summed E-state index contributed by atoms with van der Waals surface area (Å²) in [6, 6.07) is 10.4. The van der Waals surface area contributed by atoms with E-state index in [0.29, 0.717) is 0 Å². The summed E-state index contributed by atoms with van der Waals surface area (Å²) in [4.78, 5) is 19.1. The topological polar surface area (TPSA) is 48.0 Å². The van der Waals surface area contributed by atoms with E-state index in [1.54, 1.807) is 7.11 Å². The molecule has 7 nitrogen and oxygen atoms in total. The van der Waals surface area contributed by atoms with E-state index in [1.165, 1.54) is 5.69 Å². The number of nitrogens with zero attached hydrogens (tertiary/aromatic N) is 6. The van der Waals surface area contributed by atoms with Crippen molar-refractivity contribution in [3.63, 3.8) is 0 Å². The third-order valence-electron chi connectivity index (χ3n) is 5.98. The number of methoxy groups -OCH3 is 1. The molecule has 0 bridgehead atoms. The first-order valence-electron chi connectivity index (χ1n) is 10.6. The quantitative estimate of drug-likeness (QED) is 0.768. The number of rotatable bonds is 5. The van der Waals surface area contributed by atoms with Gasteiger partial charge in [-0.2, -0.15) is 0 Å². The lowest BCUT2D eigenvalue weighted by Crippen LogP contribution is -2.48. The van der Waals surface area contributed by atoms with Gasteiger partial charge < -0.3 is 24.3 Å². The first-order valence-corrected chi connectivity index (χ1v) is 10.6. The van der Waals surface area contributed by atoms with Crippen molar-refractivity contribution in [1.29, 1.82) is 0 Å². The van der Waals surface area contributed by atoms with E-state index in [2.05, 4.69) is 44.7 Å². The van der Waals surface area contributed by atoms with E-state index in [0.717, 1.165) is 82.1 Å². The lowest BCUT2D eigenvalue weighted by molar-refractivity contribution is 0.270. The van der Waals surface area contributed by atoms with Gasteiger partial charge in [0.2, 0.25) is 0 Å². The number of anilines is 3. The maximum Gasteiger partial charge on any atom is 0.142 e. The van der Waals surface area contributed by atoms with Gasteiger partial charge in [0.15, 0.2) is 0 Å². The Morgan fingerprint density at radius 3 is 1.97 bits per heavy atom. The summed E-state index contributed by atoms with van der Waals surface area (Å²) in [5, 5.41) is 0. The number of aromatic nitrogens is 2. The van der Waals surface area contributed by atoms with Crippen LogP contribution in [0.4, 0.5) is 17.3 Å². The molecule has 4 rings (SSSR count). The molecule has 1 aromatic heterocycles. The van der Waals surface area contributed by atoms with Crippen LogP contribution in [0, 0.1) is 6.92 Å². The SMILES string of the molecule is CCN1CCN(c2cc(N3CCN(c4ccccc4OC)CC3)nc(C)n2)CC1. The average Bonchev–Trinajstić information content (AvgIpc) is 2.79. The highest BCUT2D eigenvalue weighted by atomic mass is 16.5. The van der Waals surface area contributed by atoms with E-state index in [9.17, 15) is 0 Å². The molecule has 0 atom stereocenters. The third kappa shape index (κ3) is 4.40. The minimum absolute atomic E-state index is 0.850. The second kappa shape index (κ2) is 8.86. The zero-order chi connectivity index (χ0) is 20.2. The Bertz CT molecular complexity index is 813. The molecule has 2 saturated heterocycles. The number of piperazine rings is 2. The summed E-state index contributed by atoms with van der Waals surface area (Å²) in [6.07, 6.45) is 0. The van der Waals surface area contributed by atoms with Crippen molar-refractivity contribution < 1.29 is 4.74 Å². The van der Waals surface area contributed by atoms with Crippen LogP contribution in [0.1, 0.15) is 12.7 Å². The molecule has 7 heteroatoms. The Hall–Kier alpha value is -2.54. The van der Waals surface area contributed by atoms with Gasteiger partial charge in [-0.15, -0.1) is 0 Å². The second-order valence-corrected chi connectivity index (χ2v) is 7.70. The van der Waals surface area contributed by atoms with Crippen molar-refractivity contribution in [3.05, 3.63) is 36.2 Å². The van der Waals surface area contributed by atoms with Crippen LogP contribution in [-0.4, -0.2) is 80.9 Å². The summed E-state index contributed by atoms with van der Waals surface area (Å²) in [7, 11) is 1.74. The molecule has 3 heterocycles. The fourth-order valence-corrected chi connectivity index (χ4v) is 4.22. The second-order valence-electron chi connectivity index (χ2n) is 7.70. The Morgan fingerprint density at radius 1 is 0.828 bits per heavy atom. The molecule has 1 aromatic carbocycles. The first kappa shape index (κ1) is 19.8. The van der Waals surface area contributed by atoms with Gasteiger partial charge in [-0.05, 0) is 25.6 Å². The van der Waals surface area contributed by atoms with E-state index in [1.807, 2.05) is 19.1 Å². The first-order chi connectivity index (χ1) is 14.2. The number of para-hydroxylation sites is 2. The Balaban J connectivity index is 1.44. The van der Waals surface area contributed by atoms with Crippen molar-refractivity contribution >= 4 is 17.3 Å². The van der Waals surface area contributed by atoms with Crippen LogP contribution < -0.4 is 19.4 Å². The monoisotopic (exact) mass is 396 g/mol. The van der Waals surface area contributed by atoms with E-state index in [-0.39, 0.29) is 0 Å². The number of aryl methyl sites for hydroxylation is 1. The van der Waals surface area contributed by atoms with Gasteiger partial charge in [0.25, 0.3) is 0 Å². The number of ether oxygens (including phenoxy) is 1. The maximum absolute atomic E-state index is 5.54. The number of hydrogen-bond donors (Lipinski definition) is 0. The van der Waals surface area contributed by atoms with Gasteiger partial charge in [0.1, 0.15) is 23.2 Å². The molecule has 2 aromatic rings. The molecular formula is C22H32N6O. The number of benzene rings is 1. The fraction of sp³-hybridized carbons (Fsp3) is 0.545. The lowest BCUT2D eigenvalue weighted by Gasteiger charge is -2.38. The van der Waals surface area contributed by atoms with Gasteiger partial charge in [-0.3, -0.25) is 0 Å². The number of likely N-dealkylation sites (N-methyl/N-ethyl adjacent to an activating group) is 1. The number of hydrogen-bond acceptors (Lipinski definition) is 7. The highest BCUT2D eigenvalue weighted by Gasteiger charge is 2.23. The minimum Gasteiger partial charge on any atom is -0.495 e. The van der Waals surface area contributed by atoms with Crippen LogP contribution in [0.25, 0.3) is 0 Å². The van der Waals surface area contributed by atoms with Gasteiger partial charge >= 0.3 is 0 Å². The van der Waals surface area contributed by atoms with Crippen LogP contribution >= 0.6 is 0 Å². The molecule has 0 saturated carbocycles. The largest absolute Gasteiger partial charge is 0.495 e. The molecule has 0 radical (unpaired) electrons. The smallest absolute Gasteiger partial charge is 0.142 e. The predicted octanol–water partition coefficient (Wildman–Crippen LogP) is 2.26. The minimum atomic E-state index is 0.850. The zero-order valence-electron chi connectivity index (χ0n) is 17.8. The molecule has 156 valence electrons. The molecule has 2 aliphatic heterocycles. The van der Waals surface area contributed by atoms with Crippen molar-refractivity contribution in [2.24, 2.45) is 0 Å². The standard InChI is InChI=1S/C22H32N6O/c1-4-25-9-11-27(12-10-25)21-17-22(24-18(2)23-21)28-15-13-26(14-16-28)19-7-5-6-8-20(19)29-3/h5-8,17H,4,9-16H2,1-3H3. The van der Waals surface area contributed by atoms with E-state index >= 15 is 0 Å².